The molecular formula is C16H19N5OS. The third kappa shape index (κ3) is 2.76. The minimum Gasteiger partial charge on any atom is -0.341 e. The number of likely N-dealkylation sites (tertiary alicyclic amines) is 1. The van der Waals surface area contributed by atoms with Gasteiger partial charge in [0.15, 0.2) is 0 Å². The van der Waals surface area contributed by atoms with Crippen LogP contribution in [0.5, 0.6) is 0 Å². The summed E-state index contributed by atoms with van der Waals surface area (Å²) in [6.45, 7) is 2.34. The molecule has 23 heavy (non-hydrogen) atoms. The Balaban J connectivity index is 1.38. The molecule has 2 aliphatic rings. The zero-order valence-electron chi connectivity index (χ0n) is 12.8. The molecule has 2 fully saturated rings. The molecule has 2 atom stereocenters. The number of carbonyl (C=O) groups is 1. The first kappa shape index (κ1) is 14.4. The van der Waals surface area contributed by atoms with Gasteiger partial charge in [0.05, 0.1) is 12.1 Å². The summed E-state index contributed by atoms with van der Waals surface area (Å²) in [7, 11) is 0. The molecule has 2 saturated heterocycles. The van der Waals surface area contributed by atoms with Crippen molar-refractivity contribution < 1.29 is 4.79 Å². The van der Waals surface area contributed by atoms with Crippen molar-refractivity contribution in [3.63, 3.8) is 0 Å². The predicted octanol–water partition coefficient (Wildman–Crippen LogP) is 2.10. The zero-order chi connectivity index (χ0) is 15.6. The minimum absolute atomic E-state index is 0.0421. The molecule has 0 saturated carbocycles. The summed E-state index contributed by atoms with van der Waals surface area (Å²) in [4.78, 5) is 16.8. The van der Waals surface area contributed by atoms with Crippen molar-refractivity contribution in [1.29, 1.82) is 0 Å². The van der Waals surface area contributed by atoms with Crippen LogP contribution in [0, 0.1) is 0 Å². The van der Waals surface area contributed by atoms with Crippen molar-refractivity contribution in [3.05, 3.63) is 41.4 Å². The van der Waals surface area contributed by atoms with Gasteiger partial charge in [-0.05, 0) is 18.4 Å². The van der Waals surface area contributed by atoms with E-state index in [1.54, 1.807) is 16.8 Å². The lowest BCUT2D eigenvalue weighted by Gasteiger charge is -2.25. The first-order valence-electron chi connectivity index (χ1n) is 7.94. The molecule has 1 aromatic heterocycles. The third-order valence-corrected chi connectivity index (χ3v) is 5.44. The van der Waals surface area contributed by atoms with Gasteiger partial charge in [0.1, 0.15) is 5.51 Å². The first-order valence-corrected chi connectivity index (χ1v) is 8.82. The Morgan fingerprint density at radius 3 is 2.83 bits per heavy atom. The molecule has 2 amide bonds. The second kappa shape index (κ2) is 6.16. The summed E-state index contributed by atoms with van der Waals surface area (Å²) in [5.74, 6) is 0. The smallest absolute Gasteiger partial charge is 0.317 e. The Hall–Kier alpha value is -2.15. The van der Waals surface area contributed by atoms with Crippen molar-refractivity contribution in [1.82, 2.24) is 20.4 Å². The second-order valence-corrected chi connectivity index (χ2v) is 6.78. The number of urea groups is 1. The van der Waals surface area contributed by atoms with E-state index >= 15 is 0 Å². The number of rotatable bonds is 3. The summed E-state index contributed by atoms with van der Waals surface area (Å²) < 4.78 is 0. The summed E-state index contributed by atoms with van der Waals surface area (Å²) in [6, 6.07) is 10.7. The Labute approximate surface area is 139 Å². The maximum Gasteiger partial charge on any atom is 0.317 e. The molecule has 0 aliphatic carbocycles. The van der Waals surface area contributed by atoms with Crippen LogP contribution in [0.2, 0.25) is 0 Å². The van der Waals surface area contributed by atoms with Gasteiger partial charge < -0.3 is 15.1 Å². The quantitative estimate of drug-likeness (QED) is 0.937. The van der Waals surface area contributed by atoms with Gasteiger partial charge >= 0.3 is 6.03 Å². The van der Waals surface area contributed by atoms with Crippen molar-refractivity contribution in [2.45, 2.75) is 31.5 Å². The lowest BCUT2D eigenvalue weighted by atomic mass is 10.1. The van der Waals surface area contributed by atoms with Crippen molar-refractivity contribution in [3.8, 4) is 0 Å². The van der Waals surface area contributed by atoms with Gasteiger partial charge in [0.2, 0.25) is 5.13 Å². The maximum atomic E-state index is 12.5. The standard InChI is InChI=1S/C16H19N5OS/c22-15(17-10-12-4-2-1-3-5-12)20-8-6-14-13(20)7-9-21(14)16-19-18-11-23-16/h1-5,11,13-14H,6-10H2,(H,17,22)/t13-,14+/m0/s1. The number of carbonyl (C=O) groups excluding carboxylic acids is 1. The highest BCUT2D eigenvalue weighted by atomic mass is 32.1. The molecule has 0 bridgehead atoms. The van der Waals surface area contributed by atoms with Crippen LogP contribution in [-0.2, 0) is 6.54 Å². The van der Waals surface area contributed by atoms with E-state index in [2.05, 4.69) is 20.4 Å². The molecule has 6 nitrogen and oxygen atoms in total. The second-order valence-electron chi connectivity index (χ2n) is 5.96. The molecule has 7 heteroatoms. The lowest BCUT2D eigenvalue weighted by Crippen LogP contribution is -2.44. The molecule has 2 aliphatic heterocycles. The van der Waals surface area contributed by atoms with Gasteiger partial charge in [-0.25, -0.2) is 4.79 Å². The van der Waals surface area contributed by atoms with E-state index in [1.807, 2.05) is 35.2 Å². The van der Waals surface area contributed by atoms with Gasteiger partial charge in [-0.3, -0.25) is 0 Å². The maximum absolute atomic E-state index is 12.5. The molecule has 2 aromatic rings. The fourth-order valence-electron chi connectivity index (χ4n) is 3.64. The number of nitrogens with one attached hydrogen (secondary N) is 1. The van der Waals surface area contributed by atoms with Gasteiger partial charge in [-0.1, -0.05) is 41.7 Å². The topological polar surface area (TPSA) is 61.4 Å². The van der Waals surface area contributed by atoms with Crippen LogP contribution in [0.3, 0.4) is 0 Å². The average Bonchev–Trinajstić information content (AvgIpc) is 3.30. The number of aromatic nitrogens is 2. The number of benzene rings is 1. The SMILES string of the molecule is O=C(NCc1ccccc1)N1CC[C@@H]2[C@@H]1CCN2c1nncs1. The number of fused-ring (bicyclic) bond motifs is 1. The lowest BCUT2D eigenvalue weighted by molar-refractivity contribution is 0.192. The van der Waals surface area contributed by atoms with Crippen LogP contribution in [0.4, 0.5) is 9.93 Å². The van der Waals surface area contributed by atoms with Crippen LogP contribution in [-0.4, -0.2) is 46.3 Å². The molecule has 3 heterocycles. The van der Waals surface area contributed by atoms with Crippen LogP contribution in [0.25, 0.3) is 0 Å². The van der Waals surface area contributed by atoms with E-state index in [0.29, 0.717) is 12.6 Å². The fourth-order valence-corrected chi connectivity index (χ4v) is 4.29. The van der Waals surface area contributed by atoms with E-state index in [1.165, 1.54) is 0 Å². The minimum atomic E-state index is 0.0421. The number of anilines is 1. The molecule has 4 rings (SSSR count). The zero-order valence-corrected chi connectivity index (χ0v) is 13.6. The fraction of sp³-hybridized carbons (Fsp3) is 0.438. The molecule has 0 unspecified atom stereocenters. The Kier molecular flexibility index (Phi) is 3.87. The van der Waals surface area contributed by atoms with E-state index in [-0.39, 0.29) is 12.1 Å². The van der Waals surface area contributed by atoms with E-state index in [4.69, 9.17) is 0 Å². The number of hydrogen-bond donors (Lipinski definition) is 1. The molecular weight excluding hydrogens is 310 g/mol. The molecule has 0 radical (unpaired) electrons. The summed E-state index contributed by atoms with van der Waals surface area (Å²) in [6.07, 6.45) is 2.01. The Morgan fingerprint density at radius 1 is 1.22 bits per heavy atom. The largest absolute Gasteiger partial charge is 0.341 e. The van der Waals surface area contributed by atoms with Crippen molar-refractivity contribution >= 4 is 22.5 Å². The van der Waals surface area contributed by atoms with Gasteiger partial charge in [-0.15, -0.1) is 10.2 Å². The predicted molar refractivity (Wildman–Crippen MR) is 89.4 cm³/mol. The van der Waals surface area contributed by atoms with Gasteiger partial charge in [0, 0.05) is 19.6 Å². The number of hydrogen-bond acceptors (Lipinski definition) is 5. The number of amides is 2. The van der Waals surface area contributed by atoms with E-state index < -0.39 is 0 Å². The van der Waals surface area contributed by atoms with Crippen molar-refractivity contribution in [2.75, 3.05) is 18.0 Å². The molecule has 120 valence electrons. The third-order valence-electron chi connectivity index (χ3n) is 4.72. The first-order chi connectivity index (χ1) is 11.3. The van der Waals surface area contributed by atoms with Gasteiger partial charge in [-0.2, -0.15) is 0 Å². The van der Waals surface area contributed by atoms with Crippen LogP contribution in [0.1, 0.15) is 18.4 Å². The summed E-state index contributed by atoms with van der Waals surface area (Å²) in [5, 5.41) is 12.1. The van der Waals surface area contributed by atoms with Crippen LogP contribution >= 0.6 is 11.3 Å². The Bertz CT molecular complexity index is 662. The number of nitrogens with zero attached hydrogens (tertiary/aromatic N) is 4. The summed E-state index contributed by atoms with van der Waals surface area (Å²) >= 11 is 1.57. The molecule has 1 N–H and O–H groups in total. The van der Waals surface area contributed by atoms with Crippen molar-refractivity contribution in [2.24, 2.45) is 0 Å². The van der Waals surface area contributed by atoms with Gasteiger partial charge in [0.25, 0.3) is 0 Å². The van der Waals surface area contributed by atoms with Crippen LogP contribution in [0.15, 0.2) is 35.8 Å². The van der Waals surface area contributed by atoms with Crippen LogP contribution < -0.4 is 10.2 Å². The average molecular weight is 329 g/mol. The highest BCUT2D eigenvalue weighted by Gasteiger charge is 2.45. The highest BCUT2D eigenvalue weighted by Crippen LogP contribution is 2.35. The molecule has 1 aromatic carbocycles. The monoisotopic (exact) mass is 329 g/mol. The normalized spacial score (nSPS) is 23.1. The van der Waals surface area contributed by atoms with E-state index in [9.17, 15) is 4.79 Å². The highest BCUT2D eigenvalue weighted by molar-refractivity contribution is 7.13. The Morgan fingerprint density at radius 2 is 2.04 bits per heavy atom. The van der Waals surface area contributed by atoms with E-state index in [0.717, 1.165) is 36.6 Å². The molecule has 0 spiro atoms. The summed E-state index contributed by atoms with van der Waals surface area (Å²) in [5.41, 5.74) is 2.89.